The molecule has 4 saturated carbocycles. The lowest BCUT2D eigenvalue weighted by Gasteiger charge is -2.58. The number of carbonyl (C=O) groups excluding carboxylic acids is 1. The van der Waals surface area contributed by atoms with Crippen LogP contribution in [0.25, 0.3) is 0 Å². The van der Waals surface area contributed by atoms with Crippen molar-refractivity contribution >= 4 is 5.97 Å². The van der Waals surface area contributed by atoms with E-state index in [2.05, 4.69) is 25.8 Å². The largest absolute Gasteiger partial charge is 0.462 e. The minimum absolute atomic E-state index is 0.0245. The van der Waals surface area contributed by atoms with Gasteiger partial charge >= 0.3 is 5.97 Å². The number of fused-ring (bicyclic) bond motifs is 5. The molecule has 0 aliphatic heterocycles. The first-order valence-electron chi connectivity index (χ1n) is 13.9. The number of hydrogen-bond donors (Lipinski definition) is 1. The number of allylic oxidation sites excluding steroid dienone is 1. The Kier molecular flexibility index (Phi) is 6.22. The highest BCUT2D eigenvalue weighted by Crippen LogP contribution is 2.67. The molecule has 3 heteroatoms. The topological polar surface area (TPSA) is 46.5 Å². The molecule has 0 aromatic carbocycles. The van der Waals surface area contributed by atoms with Crippen LogP contribution in [-0.4, -0.2) is 22.8 Å². The van der Waals surface area contributed by atoms with Crippen LogP contribution in [0, 0.1) is 46.8 Å². The zero-order valence-corrected chi connectivity index (χ0v) is 20.9. The molecule has 0 saturated heterocycles. The average Bonchev–Trinajstić information content (AvgIpc) is 3.10. The molecule has 7 atom stereocenters. The van der Waals surface area contributed by atoms with Crippen molar-refractivity contribution in [2.45, 2.75) is 122 Å². The quantitative estimate of drug-likeness (QED) is 0.297. The second-order valence-corrected chi connectivity index (χ2v) is 12.7. The van der Waals surface area contributed by atoms with Gasteiger partial charge in [0, 0.05) is 18.3 Å². The van der Waals surface area contributed by atoms with Gasteiger partial charge in [0.2, 0.25) is 0 Å². The molecule has 5 rings (SSSR count). The highest BCUT2D eigenvalue weighted by Gasteiger charge is 2.63. The van der Waals surface area contributed by atoms with Crippen molar-refractivity contribution in [1.29, 1.82) is 0 Å². The van der Waals surface area contributed by atoms with Gasteiger partial charge in [-0.25, -0.2) is 0 Å². The van der Waals surface area contributed by atoms with Gasteiger partial charge in [0.05, 0.1) is 0 Å². The summed E-state index contributed by atoms with van der Waals surface area (Å²) in [7, 11) is 0. The number of ether oxygens (including phenoxy) is 1. The van der Waals surface area contributed by atoms with Crippen molar-refractivity contribution < 1.29 is 14.6 Å². The summed E-state index contributed by atoms with van der Waals surface area (Å²) >= 11 is 0. The summed E-state index contributed by atoms with van der Waals surface area (Å²) in [5.41, 5.74) is 0.674. The van der Waals surface area contributed by atoms with Crippen LogP contribution in [0.1, 0.15) is 110 Å². The van der Waals surface area contributed by atoms with Gasteiger partial charge in [-0.05, 0) is 80.5 Å². The highest BCUT2D eigenvalue weighted by atomic mass is 16.5. The Morgan fingerprint density at radius 2 is 1.85 bits per heavy atom. The zero-order valence-electron chi connectivity index (χ0n) is 20.9. The first-order chi connectivity index (χ1) is 15.8. The fourth-order valence-electron chi connectivity index (χ4n) is 9.02. The molecule has 0 spiro atoms. The monoisotopic (exact) mass is 452 g/mol. The van der Waals surface area contributed by atoms with Crippen LogP contribution in [0.15, 0.2) is 11.6 Å². The lowest BCUT2D eigenvalue weighted by atomic mass is 9.47. The smallest absolute Gasteiger partial charge is 0.306 e. The Bertz CT molecular complexity index is 832. The van der Waals surface area contributed by atoms with Crippen molar-refractivity contribution in [3.63, 3.8) is 0 Å². The molecule has 0 unspecified atom stereocenters. The summed E-state index contributed by atoms with van der Waals surface area (Å²) in [6.45, 7) is 4.73. The predicted octanol–water partition coefficient (Wildman–Crippen LogP) is 6.59. The zero-order chi connectivity index (χ0) is 23.3. The van der Waals surface area contributed by atoms with E-state index >= 15 is 0 Å². The van der Waals surface area contributed by atoms with Gasteiger partial charge < -0.3 is 9.84 Å². The summed E-state index contributed by atoms with van der Waals surface area (Å²) < 4.78 is 6.00. The van der Waals surface area contributed by atoms with E-state index in [-0.39, 0.29) is 22.9 Å². The van der Waals surface area contributed by atoms with Gasteiger partial charge in [-0.15, -0.1) is 6.42 Å². The molecule has 3 nitrogen and oxygen atoms in total. The Morgan fingerprint density at radius 1 is 1.09 bits per heavy atom. The minimum Gasteiger partial charge on any atom is -0.462 e. The Morgan fingerprint density at radius 3 is 2.61 bits per heavy atom. The van der Waals surface area contributed by atoms with Gasteiger partial charge in [-0.3, -0.25) is 4.79 Å². The van der Waals surface area contributed by atoms with E-state index in [1.54, 1.807) is 0 Å². The van der Waals surface area contributed by atoms with Gasteiger partial charge in [0.1, 0.15) is 11.7 Å². The minimum atomic E-state index is -0.934. The van der Waals surface area contributed by atoms with E-state index in [9.17, 15) is 9.90 Å². The number of esters is 1. The SMILES string of the molecule is C#C[C@@]1(O)CC[C@H]2[C@@H]3CC=C4C[C@@H](OC(=O)CCC5CCCCC5)CC[C@]4(C)[C@H]3CC[C@@]21C. The molecule has 0 bridgehead atoms. The van der Waals surface area contributed by atoms with E-state index < -0.39 is 5.60 Å². The van der Waals surface area contributed by atoms with Crippen molar-refractivity contribution in [3.05, 3.63) is 11.6 Å². The van der Waals surface area contributed by atoms with Gasteiger partial charge in [-0.1, -0.05) is 63.5 Å². The lowest BCUT2D eigenvalue weighted by molar-refractivity contribution is -0.152. The van der Waals surface area contributed by atoms with Crippen molar-refractivity contribution in [2.24, 2.45) is 34.5 Å². The molecule has 5 aliphatic rings. The molecule has 0 aromatic heterocycles. The van der Waals surface area contributed by atoms with Gasteiger partial charge in [0.15, 0.2) is 0 Å². The predicted molar refractivity (Wildman–Crippen MR) is 131 cm³/mol. The third kappa shape index (κ3) is 3.89. The maximum atomic E-state index is 12.6. The number of carbonyl (C=O) groups is 1. The fraction of sp³-hybridized carbons (Fsp3) is 0.833. The summed E-state index contributed by atoms with van der Waals surface area (Å²) in [6, 6.07) is 0. The first kappa shape index (κ1) is 23.5. The Balaban J connectivity index is 1.22. The summed E-state index contributed by atoms with van der Waals surface area (Å²) in [6.07, 6.45) is 24.7. The molecule has 33 heavy (non-hydrogen) atoms. The Hall–Kier alpha value is -1.27. The first-order valence-corrected chi connectivity index (χ1v) is 13.9. The van der Waals surface area contributed by atoms with Gasteiger partial charge in [-0.2, -0.15) is 0 Å². The summed E-state index contributed by atoms with van der Waals surface area (Å²) in [5, 5.41) is 11.2. The number of aliphatic hydroxyl groups is 1. The fourth-order valence-corrected chi connectivity index (χ4v) is 9.02. The third-order valence-electron chi connectivity index (χ3n) is 11.2. The van der Waals surface area contributed by atoms with Crippen LogP contribution in [0.2, 0.25) is 0 Å². The maximum absolute atomic E-state index is 12.6. The van der Waals surface area contributed by atoms with Crippen molar-refractivity contribution in [3.8, 4) is 12.3 Å². The van der Waals surface area contributed by atoms with Crippen LogP contribution in [0.5, 0.6) is 0 Å². The standard InChI is InChI=1S/C30H44O3/c1-4-30(32)19-16-26-24-12-11-22-20-23(33-27(31)13-10-21-8-6-5-7-9-21)14-17-28(22,2)25(24)15-18-29(26,30)3/h1,11,21,23-26,32H,5-10,12-20H2,2-3H3/t23-,24+,25-,26-,28-,29-,30+/m0/s1. The molecular weight excluding hydrogens is 408 g/mol. The van der Waals surface area contributed by atoms with Crippen LogP contribution < -0.4 is 0 Å². The molecule has 4 fully saturated rings. The number of hydrogen-bond acceptors (Lipinski definition) is 3. The van der Waals surface area contributed by atoms with Crippen LogP contribution in [-0.2, 0) is 9.53 Å². The summed E-state index contributed by atoms with van der Waals surface area (Å²) in [4.78, 5) is 12.6. The highest BCUT2D eigenvalue weighted by molar-refractivity contribution is 5.69. The number of rotatable bonds is 4. The van der Waals surface area contributed by atoms with Crippen LogP contribution >= 0.6 is 0 Å². The Labute approximate surface area is 201 Å². The molecule has 0 aromatic rings. The molecule has 0 heterocycles. The van der Waals surface area contributed by atoms with Crippen molar-refractivity contribution in [2.75, 3.05) is 0 Å². The lowest BCUT2D eigenvalue weighted by Crippen LogP contribution is -2.54. The summed E-state index contributed by atoms with van der Waals surface area (Å²) in [5.74, 6) is 5.35. The second-order valence-electron chi connectivity index (χ2n) is 12.7. The number of terminal acetylenes is 1. The molecule has 0 radical (unpaired) electrons. The molecule has 1 N–H and O–H groups in total. The second kappa shape index (κ2) is 8.75. The molecule has 5 aliphatic carbocycles. The van der Waals surface area contributed by atoms with Gasteiger partial charge in [0.25, 0.3) is 0 Å². The van der Waals surface area contributed by atoms with E-state index in [0.717, 1.165) is 63.7 Å². The molecule has 182 valence electrons. The molecule has 0 amide bonds. The van der Waals surface area contributed by atoms with Crippen LogP contribution in [0.4, 0.5) is 0 Å². The van der Waals surface area contributed by atoms with E-state index in [1.165, 1.54) is 37.7 Å². The third-order valence-corrected chi connectivity index (χ3v) is 11.2. The maximum Gasteiger partial charge on any atom is 0.306 e. The van der Waals surface area contributed by atoms with E-state index in [0.29, 0.717) is 24.2 Å². The van der Waals surface area contributed by atoms with E-state index in [1.807, 2.05) is 0 Å². The van der Waals surface area contributed by atoms with Crippen molar-refractivity contribution in [1.82, 2.24) is 0 Å². The van der Waals surface area contributed by atoms with Crippen LogP contribution in [0.3, 0.4) is 0 Å². The normalized spacial score (nSPS) is 45.2. The van der Waals surface area contributed by atoms with E-state index in [4.69, 9.17) is 11.2 Å². The molecular formula is C30H44O3. The average molecular weight is 453 g/mol.